The van der Waals surface area contributed by atoms with Gasteiger partial charge in [0.05, 0.1) is 4.90 Å². The molecule has 1 aromatic carbocycles. The van der Waals surface area contributed by atoms with Crippen molar-refractivity contribution in [2.45, 2.75) is 30.2 Å². The Morgan fingerprint density at radius 1 is 1.44 bits per heavy atom. The van der Waals surface area contributed by atoms with Gasteiger partial charge in [0, 0.05) is 5.02 Å². The Morgan fingerprint density at radius 3 is 2.83 bits per heavy atom. The van der Waals surface area contributed by atoms with Crippen molar-refractivity contribution in [2.24, 2.45) is 5.73 Å². The summed E-state index contributed by atoms with van der Waals surface area (Å²) in [5, 5.41) is 18.8. The third-order valence-electron chi connectivity index (χ3n) is 2.41. The lowest BCUT2D eigenvalue weighted by molar-refractivity contribution is -0.138. The highest BCUT2D eigenvalue weighted by atomic mass is 35.5. The van der Waals surface area contributed by atoms with Crippen molar-refractivity contribution >= 4 is 29.3 Å². The summed E-state index contributed by atoms with van der Waals surface area (Å²) in [6.07, 6.45) is 2.07. The summed E-state index contributed by atoms with van der Waals surface area (Å²) >= 11 is 7.33. The molecular weight excluding hydrogens is 274 g/mol. The molecule has 18 heavy (non-hydrogen) atoms. The van der Waals surface area contributed by atoms with E-state index in [-0.39, 0.29) is 5.75 Å². The molecule has 0 saturated heterocycles. The van der Waals surface area contributed by atoms with E-state index in [0.717, 1.165) is 23.5 Å². The number of phenols is 1. The van der Waals surface area contributed by atoms with Gasteiger partial charge in [0.15, 0.2) is 0 Å². The van der Waals surface area contributed by atoms with Crippen molar-refractivity contribution in [3.8, 4) is 5.75 Å². The fourth-order valence-corrected chi connectivity index (χ4v) is 2.61. The average molecular weight is 290 g/mol. The van der Waals surface area contributed by atoms with Crippen molar-refractivity contribution in [2.75, 3.05) is 5.75 Å². The summed E-state index contributed by atoms with van der Waals surface area (Å²) in [5.41, 5.74) is 5.39. The van der Waals surface area contributed by atoms with E-state index in [0.29, 0.717) is 11.4 Å². The predicted molar refractivity (Wildman–Crippen MR) is 73.3 cm³/mol. The minimum atomic E-state index is -0.963. The highest BCUT2D eigenvalue weighted by Crippen LogP contribution is 2.31. The van der Waals surface area contributed by atoms with Gasteiger partial charge >= 0.3 is 5.97 Å². The lowest BCUT2D eigenvalue weighted by Crippen LogP contribution is -2.29. The molecule has 0 radical (unpaired) electrons. The molecule has 0 fully saturated rings. The molecule has 0 aliphatic rings. The predicted octanol–water partition coefficient (Wildman–Crippen LogP) is 2.72. The summed E-state index contributed by atoms with van der Waals surface area (Å²) in [7, 11) is 0. The Kier molecular flexibility index (Phi) is 6.32. The number of carboxylic acid groups (broad SMARTS) is 1. The number of benzene rings is 1. The normalized spacial score (nSPS) is 12.3. The number of hydrogen-bond donors (Lipinski definition) is 3. The highest BCUT2D eigenvalue weighted by molar-refractivity contribution is 7.99. The maximum Gasteiger partial charge on any atom is 0.320 e. The van der Waals surface area contributed by atoms with E-state index in [1.165, 1.54) is 11.8 Å². The second-order valence-electron chi connectivity index (χ2n) is 3.90. The van der Waals surface area contributed by atoms with Crippen molar-refractivity contribution in [1.82, 2.24) is 0 Å². The van der Waals surface area contributed by atoms with Crippen LogP contribution in [0.5, 0.6) is 5.75 Å². The first kappa shape index (κ1) is 15.1. The summed E-state index contributed by atoms with van der Waals surface area (Å²) < 4.78 is 0. The van der Waals surface area contributed by atoms with E-state index in [1.54, 1.807) is 18.2 Å². The first-order valence-corrected chi connectivity index (χ1v) is 6.96. The third-order valence-corrected chi connectivity index (χ3v) is 3.77. The summed E-state index contributed by atoms with van der Waals surface area (Å²) in [6.45, 7) is 0. The fraction of sp³-hybridized carbons (Fsp3) is 0.417. The number of aliphatic carboxylic acids is 1. The zero-order valence-electron chi connectivity index (χ0n) is 9.80. The van der Waals surface area contributed by atoms with Crippen molar-refractivity contribution in [3.05, 3.63) is 23.2 Å². The molecule has 4 N–H and O–H groups in total. The molecule has 0 amide bonds. The molecule has 0 aromatic heterocycles. The quantitative estimate of drug-likeness (QED) is 0.531. The Hall–Kier alpha value is -0.910. The molecule has 100 valence electrons. The van der Waals surface area contributed by atoms with E-state index in [4.69, 9.17) is 22.4 Å². The van der Waals surface area contributed by atoms with Crippen LogP contribution in [0, 0.1) is 0 Å². The number of hydrogen-bond acceptors (Lipinski definition) is 4. The molecular formula is C12H16ClNO3S. The van der Waals surface area contributed by atoms with E-state index >= 15 is 0 Å². The first-order chi connectivity index (χ1) is 8.50. The van der Waals surface area contributed by atoms with Crippen LogP contribution in [0.25, 0.3) is 0 Å². The first-order valence-electron chi connectivity index (χ1n) is 5.60. The number of nitrogens with two attached hydrogens (primary N) is 1. The maximum atomic E-state index is 10.5. The molecule has 4 nitrogen and oxygen atoms in total. The Labute approximate surface area is 115 Å². The largest absolute Gasteiger partial charge is 0.507 e. The van der Waals surface area contributed by atoms with E-state index in [9.17, 15) is 9.90 Å². The number of halogens is 1. The minimum Gasteiger partial charge on any atom is -0.507 e. The zero-order valence-corrected chi connectivity index (χ0v) is 11.4. The van der Waals surface area contributed by atoms with Gasteiger partial charge in [-0.1, -0.05) is 18.0 Å². The van der Waals surface area contributed by atoms with Gasteiger partial charge in [0.2, 0.25) is 0 Å². The van der Waals surface area contributed by atoms with E-state index in [2.05, 4.69) is 0 Å². The lowest BCUT2D eigenvalue weighted by atomic mass is 10.1. The van der Waals surface area contributed by atoms with Crippen molar-refractivity contribution in [1.29, 1.82) is 0 Å². The monoisotopic (exact) mass is 289 g/mol. The van der Waals surface area contributed by atoms with Gasteiger partial charge in [0.25, 0.3) is 0 Å². The summed E-state index contributed by atoms with van der Waals surface area (Å²) in [5.74, 6) is 0.0436. The lowest BCUT2D eigenvalue weighted by Gasteiger charge is -2.07. The molecule has 0 heterocycles. The Bertz CT molecular complexity index is 414. The SMILES string of the molecule is NC(CCCCSc1cc(Cl)ccc1O)C(=O)O. The smallest absolute Gasteiger partial charge is 0.320 e. The topological polar surface area (TPSA) is 83.5 Å². The number of carboxylic acids is 1. The number of carbonyl (C=O) groups is 1. The molecule has 0 bridgehead atoms. The number of thioether (sulfide) groups is 1. The summed E-state index contributed by atoms with van der Waals surface area (Å²) in [6, 6.07) is 4.12. The molecule has 1 unspecified atom stereocenters. The van der Waals surface area contributed by atoms with Crippen LogP contribution in [0.3, 0.4) is 0 Å². The van der Waals surface area contributed by atoms with Gasteiger partial charge in [-0.3, -0.25) is 4.79 Å². The fourth-order valence-electron chi connectivity index (χ4n) is 1.38. The van der Waals surface area contributed by atoms with Crippen molar-refractivity contribution in [3.63, 3.8) is 0 Å². The molecule has 1 atom stereocenters. The van der Waals surface area contributed by atoms with Gasteiger partial charge in [0.1, 0.15) is 11.8 Å². The number of phenolic OH excluding ortho intramolecular Hbond substituents is 1. The minimum absolute atomic E-state index is 0.214. The van der Waals surface area contributed by atoms with Crippen LogP contribution >= 0.6 is 23.4 Å². The van der Waals surface area contributed by atoms with Crippen molar-refractivity contribution < 1.29 is 15.0 Å². The Balaban J connectivity index is 2.26. The summed E-state index contributed by atoms with van der Waals surface area (Å²) in [4.78, 5) is 11.2. The maximum absolute atomic E-state index is 10.5. The van der Waals surface area contributed by atoms with Gasteiger partial charge in [-0.05, 0) is 36.8 Å². The zero-order chi connectivity index (χ0) is 13.5. The van der Waals surface area contributed by atoms with Crippen LogP contribution < -0.4 is 5.73 Å². The highest BCUT2D eigenvalue weighted by Gasteiger charge is 2.10. The van der Waals surface area contributed by atoms with Gasteiger partial charge in [-0.15, -0.1) is 11.8 Å². The third kappa shape index (κ3) is 5.16. The molecule has 1 aromatic rings. The van der Waals surface area contributed by atoms with Crippen LogP contribution in [0.4, 0.5) is 0 Å². The van der Waals surface area contributed by atoms with Gasteiger partial charge in [-0.25, -0.2) is 0 Å². The molecule has 0 aliphatic heterocycles. The second-order valence-corrected chi connectivity index (χ2v) is 5.47. The molecule has 6 heteroatoms. The van der Waals surface area contributed by atoms with Gasteiger partial charge in [-0.2, -0.15) is 0 Å². The van der Waals surface area contributed by atoms with E-state index < -0.39 is 12.0 Å². The molecule has 0 spiro atoms. The Morgan fingerprint density at radius 2 is 2.17 bits per heavy atom. The van der Waals surface area contributed by atoms with E-state index in [1.807, 2.05) is 0 Å². The molecule has 1 rings (SSSR count). The van der Waals surface area contributed by atoms with Crippen LogP contribution in [-0.4, -0.2) is 28.0 Å². The second kappa shape index (κ2) is 7.51. The standard InChI is InChI=1S/C12H16ClNO3S/c13-8-4-5-10(15)11(7-8)18-6-2-1-3-9(14)12(16)17/h4-5,7,9,15H,1-3,6,14H2,(H,16,17). The van der Waals surface area contributed by atoms with Crippen LogP contribution in [0.1, 0.15) is 19.3 Å². The number of aromatic hydroxyl groups is 1. The molecule has 0 aliphatic carbocycles. The number of rotatable bonds is 7. The molecule has 0 saturated carbocycles. The number of unbranched alkanes of at least 4 members (excludes halogenated alkanes) is 1. The van der Waals surface area contributed by atoms with Gasteiger partial charge < -0.3 is 15.9 Å². The van der Waals surface area contributed by atoms with Crippen LogP contribution in [-0.2, 0) is 4.79 Å². The van der Waals surface area contributed by atoms with Crippen LogP contribution in [0.15, 0.2) is 23.1 Å². The average Bonchev–Trinajstić information content (AvgIpc) is 2.32. The van der Waals surface area contributed by atoms with Crippen LogP contribution in [0.2, 0.25) is 5.02 Å².